The largest absolute Gasteiger partial charge is 0.478 e. The van der Waals surface area contributed by atoms with E-state index in [4.69, 9.17) is 5.11 Å². The fourth-order valence-electron chi connectivity index (χ4n) is 6.34. The molecule has 0 radical (unpaired) electrons. The molecule has 4 rings (SSSR count). The van der Waals surface area contributed by atoms with Crippen LogP contribution in [0, 0.1) is 41.4 Å². The minimum atomic E-state index is -0.790. The average molecular weight is 246 g/mol. The molecule has 18 heavy (non-hydrogen) atoms. The van der Waals surface area contributed by atoms with Crippen LogP contribution in [0.25, 0.3) is 0 Å². The van der Waals surface area contributed by atoms with Crippen molar-refractivity contribution >= 4 is 5.97 Å². The Bertz CT molecular complexity index is 413. The molecule has 0 aliphatic heterocycles. The first-order chi connectivity index (χ1) is 8.65. The van der Waals surface area contributed by atoms with E-state index < -0.39 is 5.97 Å². The summed E-state index contributed by atoms with van der Waals surface area (Å²) >= 11 is 0. The van der Waals surface area contributed by atoms with Crippen molar-refractivity contribution in [2.24, 2.45) is 41.4 Å². The number of hydrogen-bond acceptors (Lipinski definition) is 1. The molecule has 0 aromatic heterocycles. The van der Waals surface area contributed by atoms with Crippen LogP contribution in [0.1, 0.15) is 38.5 Å². The molecule has 0 amide bonds. The van der Waals surface area contributed by atoms with Gasteiger partial charge in [0.25, 0.3) is 0 Å². The van der Waals surface area contributed by atoms with Crippen LogP contribution >= 0.6 is 0 Å². The second kappa shape index (κ2) is 3.61. The predicted octanol–water partition coefficient (Wildman–Crippen LogP) is 3.34. The van der Waals surface area contributed by atoms with Gasteiger partial charge in [-0.2, -0.15) is 0 Å². The molecule has 4 saturated carbocycles. The van der Waals surface area contributed by atoms with Gasteiger partial charge in [0.1, 0.15) is 0 Å². The standard InChI is InChI=1S/C16H22O2/c1-8(16(17)18)4-11-6-12-7-13(11)15-10-3-2-9(5-10)14(12)15/h9-15H,1-7H2,(H,17,18). The summed E-state index contributed by atoms with van der Waals surface area (Å²) in [6.45, 7) is 3.74. The van der Waals surface area contributed by atoms with Crippen molar-refractivity contribution in [1.29, 1.82) is 0 Å². The van der Waals surface area contributed by atoms with E-state index in [1.54, 1.807) is 0 Å². The van der Waals surface area contributed by atoms with E-state index in [1.165, 1.54) is 32.1 Å². The van der Waals surface area contributed by atoms with Crippen molar-refractivity contribution in [3.8, 4) is 0 Å². The number of fused-ring (bicyclic) bond motifs is 9. The Morgan fingerprint density at radius 1 is 1.06 bits per heavy atom. The molecule has 1 N–H and O–H groups in total. The highest BCUT2D eigenvalue weighted by Crippen LogP contribution is 2.69. The van der Waals surface area contributed by atoms with Gasteiger partial charge in [-0.25, -0.2) is 4.79 Å². The normalized spacial score (nSPS) is 51.7. The maximum atomic E-state index is 10.9. The zero-order chi connectivity index (χ0) is 12.4. The first kappa shape index (κ1) is 11.1. The Balaban J connectivity index is 1.52. The summed E-state index contributed by atoms with van der Waals surface area (Å²) in [5, 5.41) is 9.01. The number of carboxylic acids is 1. The minimum absolute atomic E-state index is 0.437. The lowest BCUT2D eigenvalue weighted by Crippen LogP contribution is -2.33. The van der Waals surface area contributed by atoms with E-state index in [9.17, 15) is 4.79 Å². The summed E-state index contributed by atoms with van der Waals surface area (Å²) in [6.07, 6.45) is 7.89. The number of rotatable bonds is 3. The molecule has 0 heterocycles. The van der Waals surface area contributed by atoms with E-state index >= 15 is 0 Å². The van der Waals surface area contributed by atoms with Crippen LogP contribution in [0.2, 0.25) is 0 Å². The highest BCUT2D eigenvalue weighted by atomic mass is 16.4. The second-order valence-corrected chi connectivity index (χ2v) is 7.26. The molecule has 98 valence electrons. The molecule has 7 atom stereocenters. The van der Waals surface area contributed by atoms with Gasteiger partial charge in [-0.05, 0) is 80.0 Å². The number of aliphatic carboxylic acids is 1. The van der Waals surface area contributed by atoms with Gasteiger partial charge >= 0.3 is 5.97 Å². The number of carboxylic acid groups (broad SMARTS) is 1. The van der Waals surface area contributed by atoms with E-state index in [0.29, 0.717) is 11.5 Å². The Morgan fingerprint density at radius 2 is 1.78 bits per heavy atom. The minimum Gasteiger partial charge on any atom is -0.478 e. The number of carbonyl (C=O) groups is 1. The van der Waals surface area contributed by atoms with Gasteiger partial charge in [-0.15, -0.1) is 0 Å². The number of hydrogen-bond donors (Lipinski definition) is 1. The molecule has 4 aliphatic carbocycles. The van der Waals surface area contributed by atoms with Crippen LogP contribution in [0.4, 0.5) is 0 Å². The Labute approximate surface area is 108 Å². The molecule has 0 spiro atoms. The smallest absolute Gasteiger partial charge is 0.330 e. The molecule has 4 fully saturated rings. The molecule has 0 aromatic carbocycles. The van der Waals surface area contributed by atoms with Gasteiger partial charge in [0, 0.05) is 5.57 Å². The molecule has 4 aliphatic rings. The molecular formula is C16H22O2. The van der Waals surface area contributed by atoms with E-state index in [2.05, 4.69) is 6.58 Å². The topological polar surface area (TPSA) is 37.3 Å². The molecule has 2 nitrogen and oxygen atoms in total. The van der Waals surface area contributed by atoms with Gasteiger partial charge in [0.15, 0.2) is 0 Å². The SMILES string of the molecule is C=C(CC1CC2CC1C1C3CCC(C3)C21)C(=O)O. The molecule has 2 heteroatoms. The van der Waals surface area contributed by atoms with Crippen LogP contribution in [-0.4, -0.2) is 11.1 Å². The first-order valence-electron chi connectivity index (χ1n) is 7.56. The highest BCUT2D eigenvalue weighted by molar-refractivity contribution is 5.85. The van der Waals surface area contributed by atoms with Crippen LogP contribution in [0.3, 0.4) is 0 Å². The fourth-order valence-corrected chi connectivity index (χ4v) is 6.34. The zero-order valence-corrected chi connectivity index (χ0v) is 10.8. The summed E-state index contributed by atoms with van der Waals surface area (Å²) < 4.78 is 0. The lowest BCUT2D eigenvalue weighted by atomic mass is 9.66. The lowest BCUT2D eigenvalue weighted by molar-refractivity contribution is -0.133. The van der Waals surface area contributed by atoms with E-state index in [0.717, 1.165) is 41.9 Å². The lowest BCUT2D eigenvalue weighted by Gasteiger charge is -2.38. The maximum Gasteiger partial charge on any atom is 0.330 e. The van der Waals surface area contributed by atoms with Crippen molar-refractivity contribution in [2.75, 3.05) is 0 Å². The summed E-state index contributed by atoms with van der Waals surface area (Å²) in [6, 6.07) is 0. The van der Waals surface area contributed by atoms with Crippen LogP contribution < -0.4 is 0 Å². The third kappa shape index (κ3) is 1.32. The maximum absolute atomic E-state index is 10.9. The van der Waals surface area contributed by atoms with Crippen molar-refractivity contribution in [1.82, 2.24) is 0 Å². The zero-order valence-electron chi connectivity index (χ0n) is 10.8. The van der Waals surface area contributed by atoms with Crippen molar-refractivity contribution < 1.29 is 9.90 Å². The summed E-state index contributed by atoms with van der Waals surface area (Å²) in [7, 11) is 0. The predicted molar refractivity (Wildman–Crippen MR) is 68.9 cm³/mol. The molecule has 4 bridgehead atoms. The summed E-state index contributed by atoms with van der Waals surface area (Å²) in [5.41, 5.74) is 0.437. The van der Waals surface area contributed by atoms with Gasteiger partial charge in [0.2, 0.25) is 0 Å². The van der Waals surface area contributed by atoms with Crippen LogP contribution in [-0.2, 0) is 4.79 Å². The van der Waals surface area contributed by atoms with Crippen molar-refractivity contribution in [3.63, 3.8) is 0 Å². The summed E-state index contributed by atoms with van der Waals surface area (Å²) in [4.78, 5) is 10.9. The van der Waals surface area contributed by atoms with Gasteiger partial charge in [-0.3, -0.25) is 0 Å². The molecular weight excluding hydrogens is 224 g/mol. The Hall–Kier alpha value is -0.790. The average Bonchev–Trinajstić information content (AvgIpc) is 3.06. The second-order valence-electron chi connectivity index (χ2n) is 7.26. The summed E-state index contributed by atoms with van der Waals surface area (Å²) in [5.74, 6) is 5.65. The van der Waals surface area contributed by atoms with E-state index in [1.807, 2.05) is 0 Å². The van der Waals surface area contributed by atoms with Crippen molar-refractivity contribution in [2.45, 2.75) is 38.5 Å². The molecule has 0 saturated heterocycles. The monoisotopic (exact) mass is 246 g/mol. The molecule has 7 unspecified atom stereocenters. The Morgan fingerprint density at radius 3 is 2.50 bits per heavy atom. The fraction of sp³-hybridized carbons (Fsp3) is 0.812. The van der Waals surface area contributed by atoms with Gasteiger partial charge in [0.05, 0.1) is 0 Å². The third-order valence-corrected chi connectivity index (χ3v) is 6.68. The van der Waals surface area contributed by atoms with Gasteiger partial charge < -0.3 is 5.11 Å². The van der Waals surface area contributed by atoms with Gasteiger partial charge in [-0.1, -0.05) is 6.58 Å². The van der Waals surface area contributed by atoms with E-state index in [-0.39, 0.29) is 0 Å². The molecule has 0 aromatic rings. The van der Waals surface area contributed by atoms with Crippen molar-refractivity contribution in [3.05, 3.63) is 12.2 Å². The first-order valence-corrected chi connectivity index (χ1v) is 7.56. The van der Waals surface area contributed by atoms with Crippen LogP contribution in [0.15, 0.2) is 12.2 Å². The van der Waals surface area contributed by atoms with Crippen LogP contribution in [0.5, 0.6) is 0 Å². The Kier molecular flexibility index (Phi) is 2.22. The third-order valence-electron chi connectivity index (χ3n) is 6.68. The quantitative estimate of drug-likeness (QED) is 0.612. The highest BCUT2D eigenvalue weighted by Gasteiger charge is 2.61.